The fourth-order valence-corrected chi connectivity index (χ4v) is 2.50. The number of halogens is 1. The number of carbonyl (C=O) groups is 2. The van der Waals surface area contributed by atoms with Crippen LogP contribution in [0.2, 0.25) is 5.02 Å². The van der Waals surface area contributed by atoms with E-state index < -0.39 is 27.8 Å². The highest BCUT2D eigenvalue weighted by Gasteiger charge is 2.19. The lowest BCUT2D eigenvalue weighted by Crippen LogP contribution is -2.30. The molecule has 0 aromatic heterocycles. The molecule has 0 unspecified atom stereocenters. The molecule has 0 radical (unpaired) electrons. The molecule has 0 fully saturated rings. The average Bonchev–Trinajstić information content (AvgIpc) is 2.27. The summed E-state index contributed by atoms with van der Waals surface area (Å²) in [6.45, 7) is 1.31. The second-order valence-electron chi connectivity index (χ2n) is 3.87. The first-order valence-corrected chi connectivity index (χ1v) is 7.39. The van der Waals surface area contributed by atoms with Gasteiger partial charge in [-0.2, -0.15) is 0 Å². The van der Waals surface area contributed by atoms with Gasteiger partial charge in [-0.05, 0) is 25.1 Å². The average molecular weight is 306 g/mol. The van der Waals surface area contributed by atoms with Crippen molar-refractivity contribution >= 4 is 33.3 Å². The van der Waals surface area contributed by atoms with Gasteiger partial charge in [-0.25, -0.2) is 13.2 Å². The Morgan fingerprint density at radius 3 is 2.42 bits per heavy atom. The Balaban J connectivity index is 3.10. The highest BCUT2D eigenvalue weighted by atomic mass is 35.5. The monoisotopic (exact) mass is 305 g/mol. The fraction of sp³-hybridized carbons (Fsp3) is 0.273. The van der Waals surface area contributed by atoms with Crippen molar-refractivity contribution in [2.45, 2.75) is 17.9 Å². The van der Waals surface area contributed by atoms with Crippen LogP contribution in [0.25, 0.3) is 0 Å². The summed E-state index contributed by atoms with van der Waals surface area (Å²) in [7, 11) is -3.57. The van der Waals surface area contributed by atoms with Crippen molar-refractivity contribution in [1.29, 1.82) is 0 Å². The van der Waals surface area contributed by atoms with E-state index in [0.717, 1.165) is 12.3 Å². The smallest absolute Gasteiger partial charge is 0.338 e. The van der Waals surface area contributed by atoms with Crippen LogP contribution in [0.15, 0.2) is 23.1 Å². The molecule has 104 valence electrons. The molecule has 0 bridgehead atoms. The van der Waals surface area contributed by atoms with Gasteiger partial charge in [0, 0.05) is 6.26 Å². The highest BCUT2D eigenvalue weighted by molar-refractivity contribution is 7.90. The molecule has 0 saturated carbocycles. The van der Waals surface area contributed by atoms with Gasteiger partial charge in [0.2, 0.25) is 0 Å². The van der Waals surface area contributed by atoms with Crippen LogP contribution in [0.1, 0.15) is 17.3 Å². The standard InChI is InChI=1S/C11H12ClNO5S/c1-6(10(13)14)18-11(15)7-3-4-8(12)9(5-7)19(2,16)17/h3-6H,1-2H3,(H2,13,14)/t6-/m1/s1. The van der Waals surface area contributed by atoms with Crippen LogP contribution in [0.4, 0.5) is 0 Å². The fourth-order valence-electron chi connectivity index (χ4n) is 1.20. The van der Waals surface area contributed by atoms with Gasteiger partial charge in [-0.3, -0.25) is 4.79 Å². The number of sulfone groups is 1. The second-order valence-corrected chi connectivity index (χ2v) is 6.26. The number of esters is 1. The third-order valence-corrected chi connectivity index (χ3v) is 3.83. The third-order valence-electron chi connectivity index (χ3n) is 2.25. The van der Waals surface area contributed by atoms with Crippen molar-refractivity contribution in [2.75, 3.05) is 6.26 Å². The number of primary amides is 1. The Bertz CT molecular complexity index is 626. The van der Waals surface area contributed by atoms with E-state index in [1.54, 1.807) is 0 Å². The molecule has 0 aliphatic rings. The lowest BCUT2D eigenvalue weighted by Gasteiger charge is -2.10. The normalized spacial score (nSPS) is 12.8. The summed E-state index contributed by atoms with van der Waals surface area (Å²) in [5.41, 5.74) is 4.92. The number of benzene rings is 1. The lowest BCUT2D eigenvalue weighted by molar-refractivity contribution is -0.125. The van der Waals surface area contributed by atoms with Crippen LogP contribution < -0.4 is 5.73 Å². The van der Waals surface area contributed by atoms with Crippen LogP contribution >= 0.6 is 11.6 Å². The summed E-state index contributed by atoms with van der Waals surface area (Å²) in [5.74, 6) is -1.65. The van der Waals surface area contributed by atoms with Crippen molar-refractivity contribution in [3.8, 4) is 0 Å². The van der Waals surface area contributed by atoms with Gasteiger partial charge < -0.3 is 10.5 Å². The molecule has 0 spiro atoms. The summed E-state index contributed by atoms with van der Waals surface area (Å²) in [6, 6.07) is 3.66. The number of nitrogens with two attached hydrogens (primary N) is 1. The van der Waals surface area contributed by atoms with E-state index in [-0.39, 0.29) is 15.5 Å². The molecule has 1 rings (SSSR count). The molecule has 2 N–H and O–H groups in total. The maximum absolute atomic E-state index is 11.7. The molecule has 8 heteroatoms. The Kier molecular flexibility index (Phi) is 4.54. The van der Waals surface area contributed by atoms with Crippen LogP contribution in [0, 0.1) is 0 Å². The maximum Gasteiger partial charge on any atom is 0.338 e. The minimum atomic E-state index is -3.57. The lowest BCUT2D eigenvalue weighted by atomic mass is 10.2. The van der Waals surface area contributed by atoms with Gasteiger partial charge in [-0.1, -0.05) is 11.6 Å². The number of amides is 1. The predicted molar refractivity (Wildman–Crippen MR) is 68.6 cm³/mol. The quantitative estimate of drug-likeness (QED) is 0.828. The molecule has 0 aliphatic carbocycles. The Morgan fingerprint density at radius 1 is 1.37 bits per heavy atom. The Morgan fingerprint density at radius 2 is 1.95 bits per heavy atom. The van der Waals surface area contributed by atoms with E-state index in [9.17, 15) is 18.0 Å². The summed E-state index contributed by atoms with van der Waals surface area (Å²) in [5, 5.41) is 0.00185. The summed E-state index contributed by atoms with van der Waals surface area (Å²) >= 11 is 5.74. The highest BCUT2D eigenvalue weighted by Crippen LogP contribution is 2.23. The van der Waals surface area contributed by atoms with Crippen LogP contribution in [0.3, 0.4) is 0 Å². The van der Waals surface area contributed by atoms with Gasteiger partial charge in [0.25, 0.3) is 5.91 Å². The van der Waals surface area contributed by atoms with E-state index in [1.807, 2.05) is 0 Å². The van der Waals surface area contributed by atoms with Crippen LogP contribution in [0.5, 0.6) is 0 Å². The SMILES string of the molecule is C[C@@H](OC(=O)c1ccc(Cl)c(S(C)(=O)=O)c1)C(N)=O. The van der Waals surface area contributed by atoms with Gasteiger partial charge in [0.15, 0.2) is 15.9 Å². The maximum atomic E-state index is 11.7. The number of carbonyl (C=O) groups excluding carboxylic acids is 2. The van der Waals surface area contributed by atoms with E-state index in [0.29, 0.717) is 0 Å². The summed E-state index contributed by atoms with van der Waals surface area (Å²) in [6.07, 6.45) is -0.139. The first-order valence-electron chi connectivity index (χ1n) is 5.13. The molecule has 0 heterocycles. The molecular weight excluding hydrogens is 294 g/mol. The zero-order valence-electron chi connectivity index (χ0n) is 10.2. The van der Waals surface area contributed by atoms with Gasteiger partial charge in [0.05, 0.1) is 15.5 Å². The van der Waals surface area contributed by atoms with Crippen LogP contribution in [-0.4, -0.2) is 32.7 Å². The molecule has 1 amide bonds. The van der Waals surface area contributed by atoms with Crippen molar-refractivity contribution in [3.63, 3.8) is 0 Å². The van der Waals surface area contributed by atoms with Crippen LogP contribution in [-0.2, 0) is 19.4 Å². The number of hydrogen-bond donors (Lipinski definition) is 1. The molecule has 19 heavy (non-hydrogen) atoms. The van der Waals surface area contributed by atoms with Crippen molar-refractivity contribution in [3.05, 3.63) is 28.8 Å². The first-order chi connectivity index (χ1) is 8.62. The third kappa shape index (κ3) is 3.93. The van der Waals surface area contributed by atoms with E-state index in [4.69, 9.17) is 22.1 Å². The summed E-state index contributed by atoms with van der Waals surface area (Å²) in [4.78, 5) is 22.3. The molecule has 1 atom stereocenters. The van der Waals surface area contributed by atoms with E-state index in [1.165, 1.54) is 19.1 Å². The number of rotatable bonds is 4. The molecular formula is C11H12ClNO5S. The Labute approximate surface area is 115 Å². The molecule has 1 aromatic rings. The Hall–Kier alpha value is -1.60. The zero-order valence-corrected chi connectivity index (χ0v) is 11.8. The van der Waals surface area contributed by atoms with Gasteiger partial charge in [0.1, 0.15) is 0 Å². The van der Waals surface area contributed by atoms with Gasteiger partial charge in [-0.15, -0.1) is 0 Å². The largest absolute Gasteiger partial charge is 0.449 e. The molecule has 6 nitrogen and oxygen atoms in total. The number of ether oxygens (including phenoxy) is 1. The van der Waals surface area contributed by atoms with Crippen molar-refractivity contribution in [2.24, 2.45) is 5.73 Å². The van der Waals surface area contributed by atoms with Gasteiger partial charge >= 0.3 is 5.97 Å². The number of hydrogen-bond acceptors (Lipinski definition) is 5. The molecule has 1 aromatic carbocycles. The van der Waals surface area contributed by atoms with E-state index >= 15 is 0 Å². The first kappa shape index (κ1) is 15.5. The van der Waals surface area contributed by atoms with Crippen molar-refractivity contribution in [1.82, 2.24) is 0 Å². The molecule has 0 aliphatic heterocycles. The minimum Gasteiger partial charge on any atom is -0.449 e. The van der Waals surface area contributed by atoms with Crippen molar-refractivity contribution < 1.29 is 22.7 Å². The topological polar surface area (TPSA) is 104 Å². The molecule has 0 saturated heterocycles. The minimum absolute atomic E-state index is 0.00185. The predicted octanol–water partition coefficient (Wildman–Crippen LogP) is 0.774. The summed E-state index contributed by atoms with van der Waals surface area (Å²) < 4.78 is 27.7. The zero-order chi connectivity index (χ0) is 14.8. The van der Waals surface area contributed by atoms with E-state index in [2.05, 4.69) is 0 Å². The second kappa shape index (κ2) is 5.58.